The standard InChI is InChI=1S/C42H61N5O7S/c1-6-7-8-9-26(48)18-25(21-44-46-43)19-32(50)36-24(3)22-55-40-35(39(54)47(36)40)45-33(51)13-10-23(2)28-11-12-29-34-30(15-17-41(28,29)4)42(5)16-14-27(49)20-31(42)37(52)38(34)53/h1,23,25,27-31,34-35,37-38,40,49,52-53H,7-22H2,2-5H3,(H,45,51)/t23-,25?,27-,28-,29+,30+,31+,34+,35?,37?,38?,40?,41-,42-/m1/s1. The van der Waals surface area contributed by atoms with Crippen LogP contribution in [-0.4, -0.2) is 85.6 Å². The molecule has 2 heterocycles. The van der Waals surface area contributed by atoms with E-state index in [0.717, 1.165) is 44.1 Å². The number of carbonyl (C=O) groups excluding carboxylic acids is 4. The number of ketones is 2. The number of hydrogen-bond donors (Lipinski definition) is 4. The van der Waals surface area contributed by atoms with E-state index in [-0.39, 0.29) is 77.8 Å². The second-order valence-electron chi connectivity index (χ2n) is 18.3. The van der Waals surface area contributed by atoms with Gasteiger partial charge in [0, 0.05) is 49.3 Å². The van der Waals surface area contributed by atoms with Gasteiger partial charge < -0.3 is 20.6 Å². The number of allylic oxidation sites excluding steroid dienone is 1. The Morgan fingerprint density at radius 1 is 1.05 bits per heavy atom. The first-order valence-corrected chi connectivity index (χ1v) is 21.7. The summed E-state index contributed by atoms with van der Waals surface area (Å²) in [6, 6.07) is -0.727. The predicted molar refractivity (Wildman–Crippen MR) is 210 cm³/mol. The number of hydrogen-bond acceptors (Lipinski definition) is 9. The highest BCUT2D eigenvalue weighted by Gasteiger charge is 2.65. The van der Waals surface area contributed by atoms with Crippen LogP contribution < -0.4 is 5.32 Å². The lowest BCUT2D eigenvalue weighted by Gasteiger charge is -2.63. The summed E-state index contributed by atoms with van der Waals surface area (Å²) in [4.78, 5) is 57.5. The van der Waals surface area contributed by atoms with Crippen molar-refractivity contribution in [1.82, 2.24) is 10.2 Å². The van der Waals surface area contributed by atoms with Crippen LogP contribution in [0.15, 0.2) is 16.4 Å². The number of aliphatic hydroxyl groups is 3. The van der Waals surface area contributed by atoms with E-state index in [2.05, 4.69) is 42.0 Å². The van der Waals surface area contributed by atoms with E-state index in [0.29, 0.717) is 61.3 Å². The van der Waals surface area contributed by atoms with Gasteiger partial charge in [0.15, 0.2) is 5.78 Å². The highest BCUT2D eigenvalue weighted by atomic mass is 32.2. The minimum absolute atomic E-state index is 0.000656. The van der Waals surface area contributed by atoms with Gasteiger partial charge in [-0.3, -0.25) is 24.1 Å². The average Bonchev–Trinajstić information content (AvgIpc) is 3.51. The Labute approximate surface area is 330 Å². The van der Waals surface area contributed by atoms with Crippen LogP contribution in [0.5, 0.6) is 0 Å². The Kier molecular flexibility index (Phi) is 12.8. The number of β-lactam (4-membered cyclic amide) rings is 1. The van der Waals surface area contributed by atoms with Crippen LogP contribution in [0.2, 0.25) is 0 Å². The first kappa shape index (κ1) is 41.7. The molecule has 0 bridgehead atoms. The van der Waals surface area contributed by atoms with Gasteiger partial charge in [0.25, 0.3) is 5.91 Å². The van der Waals surface area contributed by atoms with Gasteiger partial charge in [-0.1, -0.05) is 25.9 Å². The van der Waals surface area contributed by atoms with Gasteiger partial charge in [-0.05, 0) is 128 Å². The van der Waals surface area contributed by atoms with E-state index in [1.165, 1.54) is 16.7 Å². The van der Waals surface area contributed by atoms with Crippen LogP contribution in [0.4, 0.5) is 0 Å². The third-order valence-electron chi connectivity index (χ3n) is 15.2. The number of carbonyl (C=O) groups is 4. The lowest BCUT2D eigenvalue weighted by Crippen LogP contribution is -2.70. The number of amides is 2. The molecule has 5 unspecified atom stereocenters. The quantitative estimate of drug-likeness (QED) is 0.0407. The normalized spacial score (nSPS) is 38.9. The molecule has 4 N–H and O–H groups in total. The summed E-state index contributed by atoms with van der Waals surface area (Å²) in [5.74, 6) is 2.93. The molecule has 12 nitrogen and oxygen atoms in total. The molecule has 5 fully saturated rings. The molecule has 2 amide bonds. The van der Waals surface area contributed by atoms with Gasteiger partial charge in [0.2, 0.25) is 5.91 Å². The van der Waals surface area contributed by atoms with Crippen molar-refractivity contribution in [2.75, 3.05) is 12.3 Å². The zero-order chi connectivity index (χ0) is 39.8. The number of Topliss-reactive ketones (excluding diaryl/α,β-unsaturated/α-hetero) is 2. The lowest BCUT2D eigenvalue weighted by atomic mass is 9.43. The molecule has 4 aliphatic carbocycles. The van der Waals surface area contributed by atoms with Crippen LogP contribution in [0.25, 0.3) is 10.4 Å². The molecule has 0 aromatic rings. The van der Waals surface area contributed by atoms with Gasteiger partial charge >= 0.3 is 0 Å². The summed E-state index contributed by atoms with van der Waals surface area (Å²) in [5.41, 5.74) is 9.89. The number of rotatable bonds is 15. The van der Waals surface area contributed by atoms with Crippen molar-refractivity contribution in [3.8, 4) is 12.3 Å². The Hall–Kier alpha value is -2.88. The fourth-order valence-electron chi connectivity index (χ4n) is 12.4. The summed E-state index contributed by atoms with van der Waals surface area (Å²) >= 11 is 1.52. The maximum atomic E-state index is 13.7. The minimum atomic E-state index is -0.823. The van der Waals surface area contributed by atoms with Crippen molar-refractivity contribution >= 4 is 35.1 Å². The van der Waals surface area contributed by atoms with Crippen molar-refractivity contribution in [2.45, 2.75) is 147 Å². The van der Waals surface area contributed by atoms with Gasteiger partial charge in [0.05, 0.1) is 24.0 Å². The summed E-state index contributed by atoms with van der Waals surface area (Å²) in [6.45, 7) is 8.70. The molecule has 1 saturated heterocycles. The number of fused-ring (bicyclic) bond motifs is 6. The zero-order valence-electron chi connectivity index (χ0n) is 33.0. The zero-order valence-corrected chi connectivity index (χ0v) is 33.8. The largest absolute Gasteiger partial charge is 0.393 e. The summed E-state index contributed by atoms with van der Waals surface area (Å²) < 4.78 is 0. The fourth-order valence-corrected chi connectivity index (χ4v) is 13.7. The van der Waals surface area contributed by atoms with Crippen LogP contribution >= 0.6 is 11.8 Å². The Morgan fingerprint density at radius 2 is 1.78 bits per heavy atom. The summed E-state index contributed by atoms with van der Waals surface area (Å²) in [5, 5.41) is 39.7. The topological polar surface area (TPSA) is 193 Å². The van der Waals surface area contributed by atoms with Crippen LogP contribution in [0, 0.1) is 64.6 Å². The Morgan fingerprint density at radius 3 is 2.51 bits per heavy atom. The van der Waals surface area contributed by atoms with Crippen LogP contribution in [0.3, 0.4) is 0 Å². The molecule has 0 aromatic carbocycles. The second-order valence-corrected chi connectivity index (χ2v) is 19.5. The SMILES string of the molecule is C#CCCCC(=O)CC(CN=[N+]=[N-])CC(=O)C1=C(C)CSC2C(NC(=O)CC[C@@H](C)[C@H]3CC[C@H]4[C@@H]5C(O)C(O)[C@@H]6C[C@H](O)CC[C@]6(C)[C@H]5CC[C@]34C)C(=O)N12. The first-order valence-electron chi connectivity index (χ1n) is 20.6. The molecule has 13 heteroatoms. The first-order chi connectivity index (χ1) is 26.2. The fraction of sp³-hybridized carbons (Fsp3) is 0.810. The van der Waals surface area contributed by atoms with Crippen molar-refractivity contribution < 1.29 is 34.5 Å². The average molecular weight is 780 g/mol. The van der Waals surface area contributed by atoms with Gasteiger partial charge in [0.1, 0.15) is 17.2 Å². The van der Waals surface area contributed by atoms with E-state index in [1.807, 2.05) is 6.92 Å². The number of aliphatic hydroxyl groups excluding tert-OH is 3. The van der Waals surface area contributed by atoms with Crippen molar-refractivity contribution in [1.29, 1.82) is 0 Å². The molecule has 0 spiro atoms. The van der Waals surface area contributed by atoms with Gasteiger partial charge in [-0.2, -0.15) is 0 Å². The monoisotopic (exact) mass is 779 g/mol. The number of nitrogens with zero attached hydrogens (tertiary/aromatic N) is 4. The van der Waals surface area contributed by atoms with Crippen molar-refractivity contribution in [3.05, 3.63) is 21.7 Å². The molecule has 14 atom stereocenters. The van der Waals surface area contributed by atoms with E-state index >= 15 is 0 Å². The van der Waals surface area contributed by atoms with Crippen LogP contribution in [-0.2, 0) is 19.2 Å². The van der Waals surface area contributed by atoms with E-state index in [1.54, 1.807) is 0 Å². The van der Waals surface area contributed by atoms with Crippen LogP contribution in [0.1, 0.15) is 118 Å². The van der Waals surface area contributed by atoms with Gasteiger partial charge in [-0.15, -0.1) is 24.1 Å². The summed E-state index contributed by atoms with van der Waals surface area (Å²) in [7, 11) is 0. The predicted octanol–water partition coefficient (Wildman–Crippen LogP) is 5.69. The number of terminal acetylenes is 1. The smallest absolute Gasteiger partial charge is 0.253 e. The Bertz CT molecular complexity index is 1640. The summed E-state index contributed by atoms with van der Waals surface area (Å²) in [6.07, 6.45) is 11.9. The molecule has 0 radical (unpaired) electrons. The van der Waals surface area contributed by atoms with E-state index in [9.17, 15) is 34.5 Å². The molecule has 6 rings (SSSR count). The second kappa shape index (κ2) is 16.9. The van der Waals surface area contributed by atoms with Crippen molar-refractivity contribution in [2.24, 2.45) is 57.4 Å². The molecule has 55 heavy (non-hydrogen) atoms. The maximum absolute atomic E-state index is 13.7. The molecular formula is C42H61N5O7S. The molecule has 4 saturated carbocycles. The third kappa shape index (κ3) is 7.88. The number of azide groups is 1. The number of nitrogens with one attached hydrogen (secondary N) is 1. The van der Waals surface area contributed by atoms with E-state index in [4.69, 9.17) is 12.0 Å². The van der Waals surface area contributed by atoms with Crippen molar-refractivity contribution in [3.63, 3.8) is 0 Å². The maximum Gasteiger partial charge on any atom is 0.253 e. The van der Waals surface area contributed by atoms with Gasteiger partial charge in [-0.25, -0.2) is 0 Å². The number of thioether (sulfide) groups is 1. The molecular weight excluding hydrogens is 719 g/mol. The van der Waals surface area contributed by atoms with E-state index < -0.39 is 35.6 Å². The minimum Gasteiger partial charge on any atom is -0.393 e. The lowest BCUT2D eigenvalue weighted by molar-refractivity contribution is -0.223. The highest BCUT2D eigenvalue weighted by molar-refractivity contribution is 8.00. The molecule has 2 aliphatic heterocycles. The Balaban J connectivity index is 1.03. The molecule has 6 aliphatic rings. The highest BCUT2D eigenvalue weighted by Crippen LogP contribution is 2.68. The molecule has 0 aromatic heterocycles. The molecule has 302 valence electrons. The number of unbranched alkanes of at least 4 members (excludes halogenated alkanes) is 1. The third-order valence-corrected chi connectivity index (χ3v) is 16.6.